The molecule has 140 valence electrons. The number of methoxy groups -OCH3 is 2. The van der Waals surface area contributed by atoms with Gasteiger partial charge in [-0.1, -0.05) is 13.8 Å². The van der Waals surface area contributed by atoms with E-state index in [2.05, 4.69) is 0 Å². The first-order chi connectivity index (χ1) is 11.2. The molecule has 1 fully saturated rings. The SMILES string of the molecule is COc1cc(C(=O)N2CCC(N)C(C)(C)C2)cc([N+](=O)[O-])c1OC.Cl. The number of carbonyl (C=O) groups is 1. The number of nitrogens with two attached hydrogens (primary N) is 1. The van der Waals surface area contributed by atoms with Crippen molar-refractivity contribution >= 4 is 24.0 Å². The van der Waals surface area contributed by atoms with Gasteiger partial charge in [-0.05, 0) is 17.9 Å². The normalized spacial score (nSPS) is 18.9. The maximum absolute atomic E-state index is 12.8. The molecule has 0 radical (unpaired) electrons. The van der Waals surface area contributed by atoms with Crippen LogP contribution in [0.4, 0.5) is 5.69 Å². The first-order valence-electron chi connectivity index (χ1n) is 7.66. The lowest BCUT2D eigenvalue weighted by atomic mass is 9.79. The van der Waals surface area contributed by atoms with Gasteiger partial charge < -0.3 is 20.1 Å². The van der Waals surface area contributed by atoms with E-state index in [1.807, 2.05) is 13.8 Å². The molecule has 2 N–H and O–H groups in total. The summed E-state index contributed by atoms with van der Waals surface area (Å²) in [5.74, 6) is -0.123. The van der Waals surface area contributed by atoms with Crippen LogP contribution in [0.3, 0.4) is 0 Å². The molecule has 9 heteroatoms. The number of likely N-dealkylation sites (tertiary alicyclic amines) is 1. The van der Waals surface area contributed by atoms with E-state index in [9.17, 15) is 14.9 Å². The van der Waals surface area contributed by atoms with Gasteiger partial charge in [0.25, 0.3) is 5.91 Å². The molecule has 1 aromatic carbocycles. The highest BCUT2D eigenvalue weighted by Crippen LogP contribution is 2.38. The fourth-order valence-corrected chi connectivity index (χ4v) is 2.93. The lowest BCUT2D eigenvalue weighted by Gasteiger charge is -2.42. The number of nitro benzene ring substituents is 1. The van der Waals surface area contributed by atoms with Gasteiger partial charge in [-0.25, -0.2) is 0 Å². The number of nitrogens with zero attached hydrogens (tertiary/aromatic N) is 2. The minimum Gasteiger partial charge on any atom is -0.493 e. The van der Waals surface area contributed by atoms with Crippen molar-refractivity contribution in [2.24, 2.45) is 11.1 Å². The van der Waals surface area contributed by atoms with Gasteiger partial charge in [0.05, 0.1) is 24.7 Å². The fraction of sp³-hybridized carbons (Fsp3) is 0.562. The van der Waals surface area contributed by atoms with Gasteiger partial charge in [0.2, 0.25) is 5.75 Å². The number of hydrogen-bond acceptors (Lipinski definition) is 6. The number of ether oxygens (including phenoxy) is 2. The predicted molar refractivity (Wildman–Crippen MR) is 95.7 cm³/mol. The summed E-state index contributed by atoms with van der Waals surface area (Å²) in [5, 5.41) is 11.3. The Morgan fingerprint density at radius 2 is 2.00 bits per heavy atom. The van der Waals surface area contributed by atoms with Crippen LogP contribution in [0.25, 0.3) is 0 Å². The number of amides is 1. The second-order valence-corrected chi connectivity index (χ2v) is 6.60. The minimum absolute atomic E-state index is 0. The Morgan fingerprint density at radius 1 is 1.36 bits per heavy atom. The van der Waals surface area contributed by atoms with Crippen LogP contribution in [0.2, 0.25) is 0 Å². The van der Waals surface area contributed by atoms with Gasteiger partial charge >= 0.3 is 5.69 Å². The van der Waals surface area contributed by atoms with Crippen LogP contribution in [-0.2, 0) is 0 Å². The van der Waals surface area contributed by atoms with Crippen LogP contribution in [0.5, 0.6) is 11.5 Å². The van der Waals surface area contributed by atoms with Crippen LogP contribution in [0.1, 0.15) is 30.6 Å². The molecule has 1 unspecified atom stereocenters. The number of carbonyl (C=O) groups excluding carboxylic acids is 1. The number of halogens is 1. The topological polar surface area (TPSA) is 108 Å². The quantitative estimate of drug-likeness (QED) is 0.640. The number of benzene rings is 1. The summed E-state index contributed by atoms with van der Waals surface area (Å²) < 4.78 is 10.2. The van der Waals surface area contributed by atoms with Crippen molar-refractivity contribution in [3.8, 4) is 11.5 Å². The van der Waals surface area contributed by atoms with Gasteiger partial charge in [-0.15, -0.1) is 12.4 Å². The van der Waals surface area contributed by atoms with Crippen LogP contribution >= 0.6 is 12.4 Å². The van der Waals surface area contributed by atoms with Gasteiger partial charge in [0.15, 0.2) is 5.75 Å². The maximum atomic E-state index is 12.8. The Bertz CT molecular complexity index is 665. The number of rotatable bonds is 4. The molecule has 1 saturated heterocycles. The average molecular weight is 374 g/mol. The van der Waals surface area contributed by atoms with E-state index in [0.29, 0.717) is 19.5 Å². The van der Waals surface area contributed by atoms with Crippen LogP contribution in [0, 0.1) is 15.5 Å². The molecule has 1 amide bonds. The molecular formula is C16H24ClN3O5. The number of hydrogen-bond donors (Lipinski definition) is 1. The lowest BCUT2D eigenvalue weighted by molar-refractivity contribution is -0.385. The van der Waals surface area contributed by atoms with Gasteiger partial charge in [0.1, 0.15) is 0 Å². The van der Waals surface area contributed by atoms with E-state index in [1.165, 1.54) is 26.4 Å². The molecule has 25 heavy (non-hydrogen) atoms. The van der Waals surface area contributed by atoms with Crippen molar-refractivity contribution in [3.63, 3.8) is 0 Å². The van der Waals surface area contributed by atoms with Crippen LogP contribution in [0.15, 0.2) is 12.1 Å². The molecular weight excluding hydrogens is 350 g/mol. The zero-order valence-corrected chi connectivity index (χ0v) is 15.6. The number of nitro groups is 1. The van der Waals surface area contributed by atoms with Crippen molar-refractivity contribution < 1.29 is 19.2 Å². The maximum Gasteiger partial charge on any atom is 0.315 e. The summed E-state index contributed by atoms with van der Waals surface area (Å²) in [6.45, 7) is 5.03. The highest BCUT2D eigenvalue weighted by molar-refractivity contribution is 5.96. The summed E-state index contributed by atoms with van der Waals surface area (Å²) in [5.41, 5.74) is 5.79. The van der Waals surface area contributed by atoms with Gasteiger partial charge in [-0.2, -0.15) is 0 Å². The Kier molecular flexibility index (Phi) is 6.61. The van der Waals surface area contributed by atoms with Gasteiger partial charge in [0, 0.05) is 25.2 Å². The number of piperidine rings is 1. The molecule has 1 atom stereocenters. The minimum atomic E-state index is -0.589. The van der Waals surface area contributed by atoms with Crippen molar-refractivity contribution in [3.05, 3.63) is 27.8 Å². The van der Waals surface area contributed by atoms with Crippen molar-refractivity contribution in [1.29, 1.82) is 0 Å². The van der Waals surface area contributed by atoms with Crippen molar-refractivity contribution in [2.75, 3.05) is 27.3 Å². The average Bonchev–Trinajstić information content (AvgIpc) is 2.55. The third-order valence-electron chi connectivity index (χ3n) is 4.50. The first-order valence-corrected chi connectivity index (χ1v) is 7.66. The van der Waals surface area contributed by atoms with E-state index < -0.39 is 4.92 Å². The molecule has 0 aromatic heterocycles. The molecule has 0 saturated carbocycles. The summed E-state index contributed by atoms with van der Waals surface area (Å²) in [6.07, 6.45) is 0.689. The summed E-state index contributed by atoms with van der Waals surface area (Å²) in [7, 11) is 2.69. The first kappa shape index (κ1) is 21.0. The Morgan fingerprint density at radius 3 is 2.48 bits per heavy atom. The van der Waals surface area contributed by atoms with Crippen LogP contribution in [-0.4, -0.2) is 49.1 Å². The molecule has 0 bridgehead atoms. The molecule has 1 aromatic rings. The zero-order valence-electron chi connectivity index (χ0n) is 14.8. The Labute approximate surface area is 152 Å². The second-order valence-electron chi connectivity index (χ2n) is 6.60. The second kappa shape index (κ2) is 7.88. The third-order valence-corrected chi connectivity index (χ3v) is 4.50. The Hall–Kier alpha value is -2.06. The monoisotopic (exact) mass is 373 g/mol. The highest BCUT2D eigenvalue weighted by Gasteiger charge is 2.36. The smallest absolute Gasteiger partial charge is 0.315 e. The fourth-order valence-electron chi connectivity index (χ4n) is 2.93. The lowest BCUT2D eigenvalue weighted by Crippen LogP contribution is -2.54. The molecule has 2 rings (SSSR count). The molecule has 1 aliphatic rings. The van der Waals surface area contributed by atoms with Gasteiger partial charge in [-0.3, -0.25) is 14.9 Å². The largest absolute Gasteiger partial charge is 0.493 e. The standard InChI is InChI=1S/C16H23N3O5.ClH/c1-16(2)9-18(6-5-13(16)17)15(20)10-7-11(19(21)22)14(24-4)12(8-10)23-3;/h7-8,13H,5-6,9,17H2,1-4H3;1H. The van der Waals surface area contributed by atoms with E-state index in [0.717, 1.165) is 0 Å². The van der Waals surface area contributed by atoms with Crippen molar-refractivity contribution in [1.82, 2.24) is 4.90 Å². The Balaban J connectivity index is 0.00000312. The molecule has 0 aliphatic carbocycles. The van der Waals surface area contributed by atoms with E-state index in [-0.39, 0.29) is 52.5 Å². The van der Waals surface area contributed by atoms with Crippen LogP contribution < -0.4 is 15.2 Å². The zero-order chi connectivity index (χ0) is 18.1. The summed E-state index contributed by atoms with van der Waals surface area (Å²) >= 11 is 0. The van der Waals surface area contributed by atoms with E-state index in [1.54, 1.807) is 4.90 Å². The van der Waals surface area contributed by atoms with Crippen molar-refractivity contribution in [2.45, 2.75) is 26.3 Å². The van der Waals surface area contributed by atoms with E-state index >= 15 is 0 Å². The molecule has 0 spiro atoms. The van der Waals surface area contributed by atoms with E-state index in [4.69, 9.17) is 15.2 Å². The summed E-state index contributed by atoms with van der Waals surface area (Å²) in [4.78, 5) is 25.2. The highest BCUT2D eigenvalue weighted by atomic mass is 35.5. The molecule has 1 aliphatic heterocycles. The predicted octanol–water partition coefficient (Wildman–Crippen LogP) is 2.23. The molecule has 8 nitrogen and oxygen atoms in total. The summed E-state index contributed by atoms with van der Waals surface area (Å²) in [6, 6.07) is 2.71. The molecule has 1 heterocycles. The third kappa shape index (κ3) is 4.13.